The second-order valence-corrected chi connectivity index (χ2v) is 9.07. The van der Waals surface area contributed by atoms with Gasteiger partial charge in [0, 0.05) is 38.5 Å². The number of hydrogen-bond donors (Lipinski definition) is 1. The fourth-order valence-electron chi connectivity index (χ4n) is 4.30. The van der Waals surface area contributed by atoms with Gasteiger partial charge in [0.1, 0.15) is 18.2 Å². The van der Waals surface area contributed by atoms with Crippen LogP contribution in [0.1, 0.15) is 48.6 Å². The molecule has 2 aliphatic rings. The number of carbonyl (C=O) groups is 1. The normalized spacial score (nSPS) is 17.1. The van der Waals surface area contributed by atoms with Gasteiger partial charge < -0.3 is 14.6 Å². The molecule has 0 bridgehead atoms. The molecule has 5 rings (SSSR count). The molecule has 1 N–H and O–H groups in total. The van der Waals surface area contributed by atoms with Gasteiger partial charge in [-0.2, -0.15) is 0 Å². The van der Waals surface area contributed by atoms with Crippen molar-refractivity contribution in [1.29, 1.82) is 0 Å². The maximum atomic E-state index is 12.2. The van der Waals surface area contributed by atoms with E-state index < -0.39 is 0 Å². The van der Waals surface area contributed by atoms with E-state index in [1.54, 1.807) is 0 Å². The Bertz CT molecular complexity index is 1080. The largest absolute Gasteiger partial charge is 0.489 e. The average molecular weight is 446 g/mol. The average Bonchev–Trinajstić information content (AvgIpc) is 3.64. The molecule has 0 spiro atoms. The van der Waals surface area contributed by atoms with Gasteiger partial charge in [-0.3, -0.25) is 9.69 Å². The van der Waals surface area contributed by atoms with Crippen LogP contribution in [0, 0.1) is 5.92 Å². The van der Waals surface area contributed by atoms with Crippen molar-refractivity contribution in [2.24, 2.45) is 5.92 Å². The number of hydrogen-bond acceptors (Lipinski definition) is 5. The summed E-state index contributed by atoms with van der Waals surface area (Å²) in [6.45, 7) is 6.16. The first-order chi connectivity index (χ1) is 16.2. The van der Waals surface area contributed by atoms with E-state index in [1.165, 1.54) is 11.1 Å². The van der Waals surface area contributed by atoms with Crippen LogP contribution in [0.25, 0.3) is 0 Å². The fourth-order valence-corrected chi connectivity index (χ4v) is 4.30. The summed E-state index contributed by atoms with van der Waals surface area (Å²) < 4.78 is 8.10. The third kappa shape index (κ3) is 5.42. The third-order valence-electron chi connectivity index (χ3n) is 6.42. The topological polar surface area (TPSA) is 72.3 Å². The molecule has 7 nitrogen and oxygen atoms in total. The van der Waals surface area contributed by atoms with Gasteiger partial charge in [-0.15, -0.1) is 10.2 Å². The summed E-state index contributed by atoms with van der Waals surface area (Å²) in [5.74, 6) is 3.10. The second kappa shape index (κ2) is 9.75. The standard InChI is InChI=1S/C26H31N5O2/c1-19(27-26(32)22-9-10-22)25-29-28-24-13-14-30(15-16-31(24)25)17-20-7-11-23(12-8-20)33-18-21-5-3-2-4-6-21/h2-8,11-12,19,22H,9-10,13-18H2,1H3,(H,27,32). The Morgan fingerprint density at radius 3 is 2.58 bits per heavy atom. The lowest BCUT2D eigenvalue weighted by molar-refractivity contribution is -0.123. The lowest BCUT2D eigenvalue weighted by Crippen LogP contribution is -2.31. The highest BCUT2D eigenvalue weighted by atomic mass is 16.5. The van der Waals surface area contributed by atoms with Crippen LogP contribution in [0.4, 0.5) is 0 Å². The Hall–Kier alpha value is -3.19. The highest BCUT2D eigenvalue weighted by Gasteiger charge is 2.31. The van der Waals surface area contributed by atoms with Gasteiger partial charge >= 0.3 is 0 Å². The van der Waals surface area contributed by atoms with Crippen molar-refractivity contribution in [3.63, 3.8) is 0 Å². The van der Waals surface area contributed by atoms with E-state index in [-0.39, 0.29) is 17.9 Å². The minimum absolute atomic E-state index is 0.116. The third-order valence-corrected chi connectivity index (χ3v) is 6.42. The number of amides is 1. The second-order valence-electron chi connectivity index (χ2n) is 9.07. The fraction of sp³-hybridized carbons (Fsp3) is 0.423. The molecule has 33 heavy (non-hydrogen) atoms. The molecule has 0 radical (unpaired) electrons. The van der Waals surface area contributed by atoms with E-state index >= 15 is 0 Å². The summed E-state index contributed by atoms with van der Waals surface area (Å²) >= 11 is 0. The monoisotopic (exact) mass is 445 g/mol. The molecule has 0 saturated heterocycles. The van der Waals surface area contributed by atoms with Crippen LogP contribution in [0.3, 0.4) is 0 Å². The van der Waals surface area contributed by atoms with E-state index in [0.717, 1.165) is 62.8 Å². The highest BCUT2D eigenvalue weighted by molar-refractivity contribution is 5.81. The number of ether oxygens (including phenoxy) is 1. The molecule has 1 unspecified atom stereocenters. The number of aromatic nitrogens is 3. The van der Waals surface area contributed by atoms with Gasteiger partial charge in [0.15, 0.2) is 5.82 Å². The molecule has 1 aliphatic heterocycles. The lowest BCUT2D eigenvalue weighted by atomic mass is 10.2. The van der Waals surface area contributed by atoms with Crippen molar-refractivity contribution < 1.29 is 9.53 Å². The van der Waals surface area contributed by atoms with E-state index in [9.17, 15) is 4.79 Å². The first-order valence-corrected chi connectivity index (χ1v) is 11.9. The van der Waals surface area contributed by atoms with Gasteiger partial charge in [-0.25, -0.2) is 0 Å². The summed E-state index contributed by atoms with van der Waals surface area (Å²) in [5.41, 5.74) is 2.43. The van der Waals surface area contributed by atoms with E-state index in [2.05, 4.69) is 49.2 Å². The Kier molecular flexibility index (Phi) is 6.39. The molecule has 7 heteroatoms. The lowest BCUT2D eigenvalue weighted by Gasteiger charge is -2.20. The zero-order chi connectivity index (χ0) is 22.6. The zero-order valence-electron chi connectivity index (χ0n) is 19.1. The molecule has 1 fully saturated rings. The van der Waals surface area contributed by atoms with Crippen molar-refractivity contribution >= 4 is 5.91 Å². The van der Waals surface area contributed by atoms with E-state index in [4.69, 9.17) is 4.74 Å². The molecular weight excluding hydrogens is 414 g/mol. The Labute approximate surface area is 194 Å². The summed E-state index contributed by atoms with van der Waals surface area (Å²) in [4.78, 5) is 14.6. The first kappa shape index (κ1) is 21.6. The summed E-state index contributed by atoms with van der Waals surface area (Å²) in [7, 11) is 0. The molecule has 1 atom stereocenters. The minimum Gasteiger partial charge on any atom is -0.489 e. The van der Waals surface area contributed by atoms with Crippen LogP contribution in [-0.2, 0) is 30.9 Å². The van der Waals surface area contributed by atoms with Crippen LogP contribution in [0.5, 0.6) is 5.75 Å². The Balaban J connectivity index is 1.15. The molecule has 1 aliphatic carbocycles. The molecule has 1 aromatic heterocycles. The summed E-state index contributed by atoms with van der Waals surface area (Å²) in [6.07, 6.45) is 2.87. The number of nitrogens with one attached hydrogen (secondary N) is 1. The van der Waals surface area contributed by atoms with Crippen molar-refractivity contribution in [2.75, 3.05) is 13.1 Å². The maximum Gasteiger partial charge on any atom is 0.223 e. The Morgan fingerprint density at radius 2 is 1.82 bits per heavy atom. The Morgan fingerprint density at radius 1 is 1.03 bits per heavy atom. The molecular formula is C26H31N5O2. The zero-order valence-corrected chi connectivity index (χ0v) is 19.1. The van der Waals surface area contributed by atoms with Crippen LogP contribution in [0.2, 0.25) is 0 Å². The first-order valence-electron chi connectivity index (χ1n) is 11.9. The molecule has 1 amide bonds. The van der Waals surface area contributed by atoms with Crippen LogP contribution < -0.4 is 10.1 Å². The van der Waals surface area contributed by atoms with E-state index in [0.29, 0.717) is 6.61 Å². The number of carbonyl (C=O) groups excluding carboxylic acids is 1. The number of fused-ring (bicyclic) bond motifs is 1. The van der Waals surface area contributed by atoms with Crippen LogP contribution in [0.15, 0.2) is 54.6 Å². The predicted molar refractivity (Wildman–Crippen MR) is 126 cm³/mol. The molecule has 2 heterocycles. The maximum absolute atomic E-state index is 12.2. The summed E-state index contributed by atoms with van der Waals surface area (Å²) in [5, 5.41) is 11.9. The van der Waals surface area contributed by atoms with Gasteiger partial charge in [0.05, 0.1) is 6.04 Å². The quantitative estimate of drug-likeness (QED) is 0.575. The molecule has 1 saturated carbocycles. The van der Waals surface area contributed by atoms with Gasteiger partial charge in [0.25, 0.3) is 0 Å². The SMILES string of the molecule is CC(NC(=O)C1CC1)c1nnc2n1CCN(Cc1ccc(OCc3ccccc3)cc1)CC2. The van der Waals surface area contributed by atoms with Crippen molar-refractivity contribution in [1.82, 2.24) is 25.0 Å². The van der Waals surface area contributed by atoms with Crippen LogP contribution >= 0.6 is 0 Å². The molecule has 172 valence electrons. The van der Waals surface area contributed by atoms with Gasteiger partial charge in [-0.05, 0) is 43.0 Å². The smallest absolute Gasteiger partial charge is 0.223 e. The predicted octanol–water partition coefficient (Wildman–Crippen LogP) is 3.50. The van der Waals surface area contributed by atoms with E-state index in [1.807, 2.05) is 37.3 Å². The van der Waals surface area contributed by atoms with Crippen LogP contribution in [-0.4, -0.2) is 38.7 Å². The van der Waals surface area contributed by atoms with Gasteiger partial charge in [-0.1, -0.05) is 42.5 Å². The summed E-state index contributed by atoms with van der Waals surface area (Å²) in [6, 6.07) is 18.5. The number of rotatable bonds is 8. The number of nitrogens with zero attached hydrogens (tertiary/aromatic N) is 4. The molecule has 2 aromatic carbocycles. The van der Waals surface area contributed by atoms with Crippen molar-refractivity contribution in [2.45, 2.75) is 51.9 Å². The molecule has 3 aromatic rings. The van der Waals surface area contributed by atoms with Gasteiger partial charge in [0.2, 0.25) is 5.91 Å². The van der Waals surface area contributed by atoms with Crippen molar-refractivity contribution in [3.05, 3.63) is 77.4 Å². The highest BCUT2D eigenvalue weighted by Crippen LogP contribution is 2.29. The van der Waals surface area contributed by atoms with Crippen molar-refractivity contribution in [3.8, 4) is 5.75 Å². The minimum atomic E-state index is -0.116. The number of benzene rings is 2.